The van der Waals surface area contributed by atoms with Crippen LogP contribution in [0.2, 0.25) is 0 Å². The van der Waals surface area contributed by atoms with Gasteiger partial charge in [-0.05, 0) is 6.92 Å². The van der Waals surface area contributed by atoms with Gasteiger partial charge >= 0.3 is 0 Å². The Morgan fingerprint density at radius 1 is 1.67 bits per heavy atom. The van der Waals surface area contributed by atoms with E-state index >= 15 is 0 Å². The van der Waals surface area contributed by atoms with Crippen molar-refractivity contribution in [2.24, 2.45) is 0 Å². The molecule has 0 aromatic heterocycles. The minimum Gasteiger partial charge on any atom is -0.212 e. The highest BCUT2D eigenvalue weighted by molar-refractivity contribution is 5.03. The largest absolute Gasteiger partial charge is 0.212 e. The van der Waals surface area contributed by atoms with Crippen molar-refractivity contribution in [2.45, 2.75) is 13.3 Å². The van der Waals surface area contributed by atoms with Crippen LogP contribution in [0.25, 0.3) is 0 Å². The lowest BCUT2D eigenvalue weighted by molar-refractivity contribution is 0.616. The molecule has 0 saturated carbocycles. The first kappa shape index (κ1) is 8.15. The Morgan fingerprint density at radius 2 is 2.33 bits per heavy atom. The van der Waals surface area contributed by atoms with Crippen LogP contribution in [-0.2, 0) is 0 Å². The molecule has 0 heterocycles. The summed E-state index contributed by atoms with van der Waals surface area (Å²) < 4.78 is 12.2. The van der Waals surface area contributed by atoms with Crippen LogP contribution in [0.5, 0.6) is 0 Å². The van der Waals surface area contributed by atoms with Gasteiger partial charge in [0.25, 0.3) is 0 Å². The van der Waals surface area contributed by atoms with Crippen molar-refractivity contribution in [3.05, 3.63) is 36.7 Å². The van der Waals surface area contributed by atoms with Crippen LogP contribution in [0, 0.1) is 0 Å². The first-order valence-electron chi connectivity index (χ1n) is 2.89. The van der Waals surface area contributed by atoms with E-state index in [-0.39, 0.29) is 5.83 Å². The topological polar surface area (TPSA) is 0 Å². The van der Waals surface area contributed by atoms with E-state index in [9.17, 15) is 4.39 Å². The summed E-state index contributed by atoms with van der Waals surface area (Å²) in [4.78, 5) is 0. The zero-order chi connectivity index (χ0) is 7.11. The van der Waals surface area contributed by atoms with Crippen LogP contribution in [-0.4, -0.2) is 0 Å². The quantitative estimate of drug-likeness (QED) is 0.510. The van der Waals surface area contributed by atoms with E-state index in [1.54, 1.807) is 25.2 Å². The van der Waals surface area contributed by atoms with Crippen LogP contribution in [0.4, 0.5) is 4.39 Å². The summed E-state index contributed by atoms with van der Waals surface area (Å²) in [7, 11) is 0. The fourth-order valence-electron chi connectivity index (χ4n) is 0.395. The van der Waals surface area contributed by atoms with E-state index in [0.717, 1.165) is 0 Å². The summed E-state index contributed by atoms with van der Waals surface area (Å²) in [5.74, 6) is -0.104. The van der Waals surface area contributed by atoms with Gasteiger partial charge in [-0.2, -0.15) is 0 Å². The molecule has 0 aromatic carbocycles. The minimum absolute atomic E-state index is 0.104. The standard InChI is InChI=1S/C8H11F/c1-3-5-6-7-8(9)4-2/h3-6H,1,7H2,2H3. The molecule has 1 heteroatoms. The summed E-state index contributed by atoms with van der Waals surface area (Å²) in [6.45, 7) is 5.13. The Morgan fingerprint density at radius 3 is 2.78 bits per heavy atom. The summed E-state index contributed by atoms with van der Waals surface area (Å²) in [5, 5.41) is 0. The number of allylic oxidation sites excluding steroid dienone is 5. The second-order valence-corrected chi connectivity index (χ2v) is 1.60. The fourth-order valence-corrected chi connectivity index (χ4v) is 0.395. The van der Waals surface area contributed by atoms with E-state index in [2.05, 4.69) is 6.58 Å². The number of halogens is 1. The Labute approximate surface area is 55.4 Å². The molecule has 0 atom stereocenters. The second kappa shape index (κ2) is 5.29. The molecule has 0 aliphatic carbocycles. The molecule has 50 valence electrons. The molecule has 9 heavy (non-hydrogen) atoms. The van der Waals surface area contributed by atoms with Gasteiger partial charge in [-0.15, -0.1) is 0 Å². The maximum absolute atomic E-state index is 12.2. The van der Waals surface area contributed by atoms with Crippen molar-refractivity contribution in [3.8, 4) is 0 Å². The smallest absolute Gasteiger partial charge is 0.0994 e. The number of hydrogen-bond acceptors (Lipinski definition) is 0. The van der Waals surface area contributed by atoms with Gasteiger partial charge in [0.1, 0.15) is 0 Å². The zero-order valence-electron chi connectivity index (χ0n) is 5.60. The highest BCUT2D eigenvalue weighted by Crippen LogP contribution is 2.02. The van der Waals surface area contributed by atoms with Crippen molar-refractivity contribution in [2.75, 3.05) is 0 Å². The van der Waals surface area contributed by atoms with Crippen molar-refractivity contribution in [1.29, 1.82) is 0 Å². The Hall–Kier alpha value is -0.850. The van der Waals surface area contributed by atoms with Gasteiger partial charge in [0.15, 0.2) is 0 Å². The van der Waals surface area contributed by atoms with Gasteiger partial charge in [-0.1, -0.05) is 30.9 Å². The summed E-state index contributed by atoms with van der Waals surface area (Å²) in [6, 6.07) is 0. The zero-order valence-corrected chi connectivity index (χ0v) is 5.60. The predicted molar refractivity (Wildman–Crippen MR) is 38.8 cm³/mol. The molecule has 0 aliphatic heterocycles. The molecule has 0 fully saturated rings. The molecule has 0 amide bonds. The molecular formula is C8H11F. The molecule has 0 aliphatic rings. The van der Waals surface area contributed by atoms with Gasteiger partial charge in [0.05, 0.1) is 5.83 Å². The molecule has 0 saturated heterocycles. The highest BCUT2D eigenvalue weighted by atomic mass is 19.1. The summed E-state index contributed by atoms with van der Waals surface area (Å²) in [6.07, 6.45) is 6.91. The highest BCUT2D eigenvalue weighted by Gasteiger charge is 1.83. The van der Waals surface area contributed by atoms with E-state index in [1.165, 1.54) is 6.08 Å². The van der Waals surface area contributed by atoms with Crippen molar-refractivity contribution in [3.63, 3.8) is 0 Å². The summed E-state index contributed by atoms with van der Waals surface area (Å²) >= 11 is 0. The van der Waals surface area contributed by atoms with E-state index in [4.69, 9.17) is 0 Å². The Kier molecular flexibility index (Phi) is 4.79. The predicted octanol–water partition coefficient (Wildman–Crippen LogP) is 2.99. The molecule has 0 aromatic rings. The Bertz CT molecular complexity index is 132. The maximum Gasteiger partial charge on any atom is 0.0994 e. The molecule has 0 nitrogen and oxygen atoms in total. The third-order valence-corrected chi connectivity index (χ3v) is 0.898. The monoisotopic (exact) mass is 126 g/mol. The lowest BCUT2D eigenvalue weighted by atomic mass is 10.3. The van der Waals surface area contributed by atoms with Crippen LogP contribution in [0.1, 0.15) is 13.3 Å². The lowest BCUT2D eigenvalue weighted by Gasteiger charge is -1.84. The normalized spacial score (nSPS) is 12.4. The van der Waals surface area contributed by atoms with Crippen molar-refractivity contribution >= 4 is 0 Å². The molecule has 0 rings (SSSR count). The van der Waals surface area contributed by atoms with Crippen LogP contribution < -0.4 is 0 Å². The first-order chi connectivity index (χ1) is 4.31. The van der Waals surface area contributed by atoms with Crippen LogP contribution in [0.15, 0.2) is 36.7 Å². The van der Waals surface area contributed by atoms with Gasteiger partial charge in [0.2, 0.25) is 0 Å². The maximum atomic E-state index is 12.2. The molecule has 0 N–H and O–H groups in total. The van der Waals surface area contributed by atoms with Crippen molar-refractivity contribution in [1.82, 2.24) is 0 Å². The average molecular weight is 126 g/mol. The van der Waals surface area contributed by atoms with Gasteiger partial charge < -0.3 is 0 Å². The van der Waals surface area contributed by atoms with E-state index in [1.807, 2.05) is 0 Å². The number of rotatable bonds is 3. The van der Waals surface area contributed by atoms with Gasteiger partial charge in [-0.25, -0.2) is 4.39 Å². The first-order valence-corrected chi connectivity index (χ1v) is 2.89. The van der Waals surface area contributed by atoms with Crippen LogP contribution >= 0.6 is 0 Å². The second-order valence-electron chi connectivity index (χ2n) is 1.60. The van der Waals surface area contributed by atoms with Crippen molar-refractivity contribution < 1.29 is 4.39 Å². The molecule has 0 spiro atoms. The fraction of sp³-hybridized carbons (Fsp3) is 0.250. The van der Waals surface area contributed by atoms with Gasteiger partial charge in [0, 0.05) is 6.42 Å². The molecular weight excluding hydrogens is 115 g/mol. The third kappa shape index (κ3) is 5.01. The van der Waals surface area contributed by atoms with E-state index < -0.39 is 0 Å². The average Bonchev–Trinajstić information content (AvgIpc) is 1.89. The van der Waals surface area contributed by atoms with Crippen LogP contribution in [0.3, 0.4) is 0 Å². The molecule has 0 radical (unpaired) electrons. The van der Waals surface area contributed by atoms with E-state index in [0.29, 0.717) is 6.42 Å². The van der Waals surface area contributed by atoms with Gasteiger partial charge in [-0.3, -0.25) is 0 Å². The third-order valence-electron chi connectivity index (χ3n) is 0.898. The molecule has 0 bridgehead atoms. The number of hydrogen-bond donors (Lipinski definition) is 0. The Balaban J connectivity index is 3.50. The lowest BCUT2D eigenvalue weighted by Crippen LogP contribution is -1.65. The SMILES string of the molecule is C=CC=CCC(F)=CC. The minimum atomic E-state index is -0.104. The molecule has 0 unspecified atom stereocenters. The summed E-state index contributed by atoms with van der Waals surface area (Å²) in [5.41, 5.74) is 0.